The van der Waals surface area contributed by atoms with E-state index >= 15 is 0 Å². The number of rotatable bonds is 8. The lowest BCUT2D eigenvalue weighted by molar-refractivity contribution is 0.0917. The first-order valence-electron chi connectivity index (χ1n) is 10.0. The average molecular weight is 442 g/mol. The minimum absolute atomic E-state index is 0.0487. The minimum atomic E-state index is -3.69. The quantitative estimate of drug-likeness (QED) is 0.577. The van der Waals surface area contributed by atoms with Crippen molar-refractivity contribution in [2.24, 2.45) is 0 Å². The topological polar surface area (TPSA) is 102 Å². The average Bonchev–Trinajstić information content (AvgIpc) is 3.50. The number of ether oxygens (including phenoxy) is 1. The molecule has 2 aromatic heterocycles. The van der Waals surface area contributed by atoms with Gasteiger partial charge in [-0.25, -0.2) is 13.4 Å². The van der Waals surface area contributed by atoms with Gasteiger partial charge in [0.05, 0.1) is 0 Å². The first kappa shape index (κ1) is 21.1. The normalized spacial score (nSPS) is 14.5. The molecule has 9 heteroatoms. The van der Waals surface area contributed by atoms with Gasteiger partial charge >= 0.3 is 0 Å². The fourth-order valence-electron chi connectivity index (χ4n) is 3.28. The zero-order valence-corrected chi connectivity index (χ0v) is 17.7. The van der Waals surface area contributed by atoms with Gasteiger partial charge in [0.2, 0.25) is 11.0 Å². The summed E-state index contributed by atoms with van der Waals surface area (Å²) in [6.07, 6.45) is 3.27. The molecule has 0 unspecified atom stereocenters. The van der Waals surface area contributed by atoms with Crippen LogP contribution in [-0.4, -0.2) is 36.7 Å². The molecule has 0 spiro atoms. The van der Waals surface area contributed by atoms with Crippen molar-refractivity contribution >= 4 is 15.9 Å². The van der Waals surface area contributed by atoms with Crippen molar-refractivity contribution in [3.8, 4) is 5.88 Å². The first-order chi connectivity index (χ1) is 15.0. The van der Waals surface area contributed by atoms with E-state index in [1.807, 2.05) is 30.3 Å². The molecule has 3 heterocycles. The second-order valence-corrected chi connectivity index (χ2v) is 9.06. The number of carbonyl (C=O) groups is 1. The van der Waals surface area contributed by atoms with E-state index in [1.54, 1.807) is 18.3 Å². The number of carbonyl (C=O) groups excluding carboxylic acids is 1. The highest BCUT2D eigenvalue weighted by Crippen LogP contribution is 2.22. The number of hydrogen-bond acceptors (Lipinski definition) is 6. The summed E-state index contributed by atoms with van der Waals surface area (Å²) in [5.41, 5.74) is 1.82. The van der Waals surface area contributed by atoms with E-state index in [4.69, 9.17) is 9.15 Å². The van der Waals surface area contributed by atoms with Crippen LogP contribution >= 0.6 is 0 Å². The SMILES string of the molecule is O=C(NCc1ccnc(OCc2ccccc2)c1)c1ccc(S(=O)(=O)N2CCCC2)o1. The molecule has 1 aromatic carbocycles. The number of furan rings is 1. The van der Waals surface area contributed by atoms with E-state index in [0.29, 0.717) is 25.6 Å². The Kier molecular flexibility index (Phi) is 6.34. The fraction of sp³-hybridized carbons (Fsp3) is 0.273. The molecule has 31 heavy (non-hydrogen) atoms. The minimum Gasteiger partial charge on any atom is -0.473 e. The standard InChI is InChI=1S/C22H23N3O5S/c26-22(19-8-9-21(30-19)31(27,28)25-12-4-5-13-25)24-15-18-10-11-23-20(14-18)29-16-17-6-2-1-3-7-17/h1-3,6-11,14H,4-5,12-13,15-16H2,(H,24,26). The van der Waals surface area contributed by atoms with Gasteiger partial charge in [-0.3, -0.25) is 4.79 Å². The van der Waals surface area contributed by atoms with Gasteiger partial charge in [-0.1, -0.05) is 30.3 Å². The summed E-state index contributed by atoms with van der Waals surface area (Å²) in [6.45, 7) is 1.56. The van der Waals surface area contributed by atoms with Crippen LogP contribution in [0, 0.1) is 0 Å². The van der Waals surface area contributed by atoms with Crippen molar-refractivity contribution in [2.45, 2.75) is 31.1 Å². The molecule has 1 fully saturated rings. The van der Waals surface area contributed by atoms with Gasteiger partial charge in [0, 0.05) is 31.9 Å². The zero-order chi connectivity index (χ0) is 21.7. The van der Waals surface area contributed by atoms with E-state index in [1.165, 1.54) is 16.4 Å². The van der Waals surface area contributed by atoms with Gasteiger partial charge in [-0.15, -0.1) is 0 Å². The molecule has 0 atom stereocenters. The van der Waals surface area contributed by atoms with E-state index in [0.717, 1.165) is 24.0 Å². The van der Waals surface area contributed by atoms with E-state index < -0.39 is 15.9 Å². The van der Waals surface area contributed by atoms with Crippen LogP contribution in [0.25, 0.3) is 0 Å². The van der Waals surface area contributed by atoms with E-state index in [9.17, 15) is 13.2 Å². The molecule has 1 amide bonds. The second-order valence-electron chi connectivity index (χ2n) is 7.19. The molecule has 1 aliphatic rings. The van der Waals surface area contributed by atoms with Gasteiger partial charge in [0.1, 0.15) is 6.61 Å². The summed E-state index contributed by atoms with van der Waals surface area (Å²) in [5.74, 6) is -0.0913. The smallest absolute Gasteiger partial charge is 0.287 e. The number of amides is 1. The third-order valence-electron chi connectivity index (χ3n) is 4.95. The lowest BCUT2D eigenvalue weighted by Gasteiger charge is -2.12. The van der Waals surface area contributed by atoms with Crippen LogP contribution in [0.3, 0.4) is 0 Å². The third kappa shape index (κ3) is 5.12. The maximum absolute atomic E-state index is 12.5. The lowest BCUT2D eigenvalue weighted by Crippen LogP contribution is -2.27. The maximum Gasteiger partial charge on any atom is 0.287 e. The second kappa shape index (κ2) is 9.32. The predicted molar refractivity (Wildman–Crippen MR) is 113 cm³/mol. The molecule has 0 aliphatic carbocycles. The highest BCUT2D eigenvalue weighted by atomic mass is 32.2. The molecule has 0 saturated carbocycles. The Morgan fingerprint density at radius 2 is 1.84 bits per heavy atom. The Hall–Kier alpha value is -3.17. The zero-order valence-electron chi connectivity index (χ0n) is 16.9. The Balaban J connectivity index is 1.34. The number of nitrogens with one attached hydrogen (secondary N) is 1. The summed E-state index contributed by atoms with van der Waals surface area (Å²) in [5, 5.41) is 2.52. The van der Waals surface area contributed by atoms with Crippen molar-refractivity contribution in [3.05, 3.63) is 77.7 Å². The van der Waals surface area contributed by atoms with Crippen LogP contribution in [0.5, 0.6) is 5.88 Å². The number of aromatic nitrogens is 1. The fourth-order valence-corrected chi connectivity index (χ4v) is 4.71. The highest BCUT2D eigenvalue weighted by Gasteiger charge is 2.30. The summed E-state index contributed by atoms with van der Waals surface area (Å²) in [6, 6.07) is 16.0. The number of sulfonamides is 1. The Bertz CT molecular complexity index is 1140. The molecule has 0 radical (unpaired) electrons. The molecule has 1 saturated heterocycles. The van der Waals surface area contributed by atoms with Gasteiger partial charge in [0.15, 0.2) is 5.76 Å². The number of nitrogens with zero attached hydrogens (tertiary/aromatic N) is 2. The lowest BCUT2D eigenvalue weighted by atomic mass is 10.2. The summed E-state index contributed by atoms with van der Waals surface area (Å²) >= 11 is 0. The Morgan fingerprint density at radius 3 is 2.61 bits per heavy atom. The van der Waals surface area contributed by atoms with Crippen molar-refractivity contribution < 1.29 is 22.4 Å². The van der Waals surface area contributed by atoms with Crippen molar-refractivity contribution in [1.82, 2.24) is 14.6 Å². The molecule has 4 rings (SSSR count). The van der Waals surface area contributed by atoms with Crippen LogP contribution in [0.2, 0.25) is 0 Å². The molecule has 1 aliphatic heterocycles. The number of hydrogen-bond donors (Lipinski definition) is 1. The molecule has 0 bridgehead atoms. The molecule has 1 N–H and O–H groups in total. The summed E-state index contributed by atoms with van der Waals surface area (Å²) in [7, 11) is -3.69. The van der Waals surface area contributed by atoms with Crippen molar-refractivity contribution in [2.75, 3.05) is 13.1 Å². The van der Waals surface area contributed by atoms with Crippen LogP contribution < -0.4 is 10.1 Å². The number of benzene rings is 1. The Morgan fingerprint density at radius 1 is 1.06 bits per heavy atom. The van der Waals surface area contributed by atoms with Gasteiger partial charge in [0.25, 0.3) is 15.9 Å². The van der Waals surface area contributed by atoms with Gasteiger partial charge in [-0.2, -0.15) is 4.31 Å². The largest absolute Gasteiger partial charge is 0.473 e. The summed E-state index contributed by atoms with van der Waals surface area (Å²) in [4.78, 5) is 16.6. The van der Waals surface area contributed by atoms with Gasteiger partial charge < -0.3 is 14.5 Å². The van der Waals surface area contributed by atoms with Crippen LogP contribution in [-0.2, 0) is 23.2 Å². The molecular formula is C22H23N3O5S. The van der Waals surface area contributed by atoms with Crippen molar-refractivity contribution in [1.29, 1.82) is 0 Å². The Labute approximate surface area is 180 Å². The summed E-state index contributed by atoms with van der Waals surface area (Å²) < 4.78 is 37.5. The highest BCUT2D eigenvalue weighted by molar-refractivity contribution is 7.89. The third-order valence-corrected chi connectivity index (χ3v) is 6.72. The van der Waals surface area contributed by atoms with Crippen molar-refractivity contribution in [3.63, 3.8) is 0 Å². The molecule has 162 valence electrons. The monoisotopic (exact) mass is 441 g/mol. The molecule has 3 aromatic rings. The van der Waals surface area contributed by atoms with E-state index in [2.05, 4.69) is 10.3 Å². The predicted octanol–water partition coefficient (Wildman–Crippen LogP) is 2.97. The van der Waals surface area contributed by atoms with Crippen LogP contribution in [0.15, 0.2) is 70.3 Å². The first-order valence-corrected chi connectivity index (χ1v) is 11.5. The van der Waals surface area contributed by atoms with E-state index in [-0.39, 0.29) is 17.4 Å². The molecule has 8 nitrogen and oxygen atoms in total. The maximum atomic E-state index is 12.5. The molecular weight excluding hydrogens is 418 g/mol. The number of pyridine rings is 1. The van der Waals surface area contributed by atoms with Gasteiger partial charge in [-0.05, 0) is 42.2 Å². The van der Waals surface area contributed by atoms with Crippen LogP contribution in [0.4, 0.5) is 0 Å². The van der Waals surface area contributed by atoms with Crippen LogP contribution in [0.1, 0.15) is 34.5 Å².